The quantitative estimate of drug-likeness (QED) is 0.473. The van der Waals surface area contributed by atoms with Crippen molar-refractivity contribution in [2.75, 3.05) is 13.2 Å². The van der Waals surface area contributed by atoms with Gasteiger partial charge in [-0.2, -0.15) is 0 Å². The smallest absolute Gasteiger partial charge is 0.189 e. The first kappa shape index (κ1) is 12.6. The van der Waals surface area contributed by atoms with E-state index in [1.807, 2.05) is 32.0 Å². The van der Waals surface area contributed by atoms with Crippen LogP contribution in [0.25, 0.3) is 0 Å². The minimum absolute atomic E-state index is 0.0663. The monoisotopic (exact) mass is 318 g/mol. The molecule has 15 heavy (non-hydrogen) atoms. The molecule has 0 saturated carbocycles. The number of carbonyl (C=O) groups is 1. The van der Waals surface area contributed by atoms with E-state index in [0.29, 0.717) is 6.61 Å². The summed E-state index contributed by atoms with van der Waals surface area (Å²) in [5.41, 5.74) is 1.91. The van der Waals surface area contributed by atoms with Gasteiger partial charge in [-0.3, -0.25) is 4.79 Å². The Morgan fingerprint density at radius 3 is 2.87 bits per heavy atom. The summed E-state index contributed by atoms with van der Waals surface area (Å²) in [6.45, 7) is 4.87. The van der Waals surface area contributed by atoms with Crippen molar-refractivity contribution in [1.29, 1.82) is 0 Å². The van der Waals surface area contributed by atoms with Crippen LogP contribution in [0, 0.1) is 10.5 Å². The predicted molar refractivity (Wildman–Crippen MR) is 69.3 cm³/mol. The summed E-state index contributed by atoms with van der Waals surface area (Å²) in [6.07, 6.45) is 0.943. The molecule has 82 valence electrons. The number of carbonyl (C=O) groups excluding carboxylic acids is 1. The van der Waals surface area contributed by atoms with E-state index in [0.717, 1.165) is 21.1 Å². The minimum atomic E-state index is 0.0663. The maximum atomic E-state index is 11.8. The molecule has 0 aliphatic carbocycles. The Bertz CT molecular complexity index is 347. The van der Waals surface area contributed by atoms with Crippen molar-refractivity contribution in [3.8, 4) is 0 Å². The number of ketones is 1. The highest BCUT2D eigenvalue weighted by molar-refractivity contribution is 14.1. The number of benzene rings is 1. The van der Waals surface area contributed by atoms with Crippen LogP contribution in [-0.4, -0.2) is 19.0 Å². The molecule has 0 bridgehead atoms. The summed E-state index contributed by atoms with van der Waals surface area (Å²) in [6, 6.07) is 5.77. The number of rotatable bonds is 5. The fraction of sp³-hybridized carbons (Fsp3) is 0.417. The lowest BCUT2D eigenvalue weighted by Crippen LogP contribution is -2.11. The van der Waals surface area contributed by atoms with Crippen LogP contribution < -0.4 is 0 Å². The van der Waals surface area contributed by atoms with E-state index in [-0.39, 0.29) is 12.4 Å². The molecule has 2 nitrogen and oxygen atoms in total. The third-order valence-corrected chi connectivity index (χ3v) is 3.51. The van der Waals surface area contributed by atoms with Crippen LogP contribution in [0.1, 0.15) is 29.3 Å². The summed E-state index contributed by atoms with van der Waals surface area (Å²) in [5, 5.41) is 0. The second kappa shape index (κ2) is 6.23. The normalized spacial score (nSPS) is 10.3. The van der Waals surface area contributed by atoms with Crippen LogP contribution in [-0.2, 0) is 4.74 Å². The van der Waals surface area contributed by atoms with Gasteiger partial charge in [0, 0.05) is 15.7 Å². The van der Waals surface area contributed by atoms with Gasteiger partial charge in [0.2, 0.25) is 0 Å². The zero-order valence-corrected chi connectivity index (χ0v) is 11.2. The third kappa shape index (κ3) is 3.57. The SMILES string of the molecule is CCCOCC(=O)c1cccc(C)c1I. The van der Waals surface area contributed by atoms with Crippen molar-refractivity contribution in [1.82, 2.24) is 0 Å². The zero-order valence-electron chi connectivity index (χ0n) is 9.05. The number of halogens is 1. The van der Waals surface area contributed by atoms with Gasteiger partial charge in [-0.1, -0.05) is 25.1 Å². The molecular weight excluding hydrogens is 303 g/mol. The van der Waals surface area contributed by atoms with Gasteiger partial charge in [-0.25, -0.2) is 0 Å². The number of aryl methyl sites for hydroxylation is 1. The fourth-order valence-corrected chi connectivity index (χ4v) is 1.91. The first-order valence-electron chi connectivity index (χ1n) is 5.03. The van der Waals surface area contributed by atoms with Crippen LogP contribution in [0.4, 0.5) is 0 Å². The second-order valence-electron chi connectivity index (χ2n) is 3.41. The molecule has 0 amide bonds. The molecule has 0 spiro atoms. The van der Waals surface area contributed by atoms with E-state index >= 15 is 0 Å². The van der Waals surface area contributed by atoms with Gasteiger partial charge < -0.3 is 4.74 Å². The Labute approximate surface area is 104 Å². The number of hydrogen-bond donors (Lipinski definition) is 0. The highest BCUT2D eigenvalue weighted by atomic mass is 127. The van der Waals surface area contributed by atoms with E-state index in [1.165, 1.54) is 0 Å². The summed E-state index contributed by atoms with van der Waals surface area (Å²) in [4.78, 5) is 11.8. The lowest BCUT2D eigenvalue weighted by molar-refractivity contribution is 0.0760. The number of Topliss-reactive ketones (excluding diaryl/α,β-unsaturated/α-hetero) is 1. The van der Waals surface area contributed by atoms with Crippen LogP contribution >= 0.6 is 22.6 Å². The first-order chi connectivity index (χ1) is 7.16. The van der Waals surface area contributed by atoms with Gasteiger partial charge in [0.05, 0.1) is 0 Å². The molecule has 0 N–H and O–H groups in total. The molecule has 3 heteroatoms. The van der Waals surface area contributed by atoms with Crippen LogP contribution in [0.15, 0.2) is 18.2 Å². The van der Waals surface area contributed by atoms with Crippen LogP contribution in [0.3, 0.4) is 0 Å². The molecule has 1 aromatic carbocycles. The van der Waals surface area contributed by atoms with Gasteiger partial charge >= 0.3 is 0 Å². The molecule has 0 saturated heterocycles. The summed E-state index contributed by atoms with van der Waals surface area (Å²) < 4.78 is 6.27. The standard InChI is InChI=1S/C12H15IO2/c1-3-7-15-8-11(14)10-6-4-5-9(2)12(10)13/h4-6H,3,7-8H2,1-2H3. The molecule has 1 rings (SSSR count). The summed E-state index contributed by atoms with van der Waals surface area (Å²) in [7, 11) is 0. The van der Waals surface area contributed by atoms with Gasteiger partial charge in [0.15, 0.2) is 5.78 Å². The Kier molecular flexibility index (Phi) is 5.25. The van der Waals surface area contributed by atoms with Gasteiger partial charge in [0.25, 0.3) is 0 Å². The molecular formula is C12H15IO2. The van der Waals surface area contributed by atoms with E-state index in [4.69, 9.17) is 4.74 Å². The van der Waals surface area contributed by atoms with E-state index in [9.17, 15) is 4.79 Å². The molecule has 0 atom stereocenters. The minimum Gasteiger partial charge on any atom is -0.373 e. The van der Waals surface area contributed by atoms with Gasteiger partial charge in [-0.05, 0) is 41.5 Å². The lowest BCUT2D eigenvalue weighted by Gasteiger charge is -2.06. The van der Waals surface area contributed by atoms with Crippen molar-refractivity contribution < 1.29 is 9.53 Å². The molecule has 0 aromatic heterocycles. The maximum absolute atomic E-state index is 11.8. The van der Waals surface area contributed by atoms with Crippen molar-refractivity contribution in [2.24, 2.45) is 0 Å². The topological polar surface area (TPSA) is 26.3 Å². The first-order valence-corrected chi connectivity index (χ1v) is 6.10. The third-order valence-electron chi connectivity index (χ3n) is 2.07. The van der Waals surface area contributed by atoms with Crippen LogP contribution in [0.5, 0.6) is 0 Å². The van der Waals surface area contributed by atoms with Gasteiger partial charge in [-0.15, -0.1) is 0 Å². The molecule has 0 aliphatic rings. The highest BCUT2D eigenvalue weighted by Gasteiger charge is 2.10. The number of ether oxygens (including phenoxy) is 1. The molecule has 0 fully saturated rings. The fourth-order valence-electron chi connectivity index (χ4n) is 1.25. The average molecular weight is 318 g/mol. The lowest BCUT2D eigenvalue weighted by atomic mass is 10.1. The van der Waals surface area contributed by atoms with Crippen molar-refractivity contribution in [3.63, 3.8) is 0 Å². The Hall–Kier alpha value is -0.420. The van der Waals surface area contributed by atoms with Crippen molar-refractivity contribution >= 4 is 28.4 Å². The van der Waals surface area contributed by atoms with E-state index in [2.05, 4.69) is 22.6 Å². The zero-order chi connectivity index (χ0) is 11.3. The Morgan fingerprint density at radius 2 is 2.20 bits per heavy atom. The molecule has 0 radical (unpaired) electrons. The van der Waals surface area contributed by atoms with E-state index in [1.54, 1.807) is 0 Å². The molecule has 0 unspecified atom stereocenters. The molecule has 0 heterocycles. The Morgan fingerprint density at radius 1 is 1.47 bits per heavy atom. The highest BCUT2D eigenvalue weighted by Crippen LogP contribution is 2.17. The summed E-state index contributed by atoms with van der Waals surface area (Å²) >= 11 is 2.20. The van der Waals surface area contributed by atoms with Crippen molar-refractivity contribution in [3.05, 3.63) is 32.9 Å². The second-order valence-corrected chi connectivity index (χ2v) is 4.49. The van der Waals surface area contributed by atoms with Crippen molar-refractivity contribution in [2.45, 2.75) is 20.3 Å². The predicted octanol–water partition coefficient (Wildman–Crippen LogP) is 3.21. The molecule has 1 aromatic rings. The summed E-state index contributed by atoms with van der Waals surface area (Å²) in [5.74, 6) is 0.0663. The Balaban J connectivity index is 2.69. The molecule has 0 aliphatic heterocycles. The van der Waals surface area contributed by atoms with E-state index < -0.39 is 0 Å². The van der Waals surface area contributed by atoms with Gasteiger partial charge in [0.1, 0.15) is 6.61 Å². The van der Waals surface area contributed by atoms with Crippen LogP contribution in [0.2, 0.25) is 0 Å². The number of hydrogen-bond acceptors (Lipinski definition) is 2. The maximum Gasteiger partial charge on any atom is 0.189 e. The average Bonchev–Trinajstić information content (AvgIpc) is 2.22. The largest absolute Gasteiger partial charge is 0.373 e.